The number of fused-ring (bicyclic) bond motifs is 1. The lowest BCUT2D eigenvalue weighted by Gasteiger charge is -2.43. The van der Waals surface area contributed by atoms with E-state index in [1.807, 2.05) is 13.0 Å². The van der Waals surface area contributed by atoms with E-state index in [2.05, 4.69) is 6.58 Å². The second kappa shape index (κ2) is 4.71. The van der Waals surface area contributed by atoms with Crippen LogP contribution in [-0.4, -0.2) is 18.9 Å². The van der Waals surface area contributed by atoms with Gasteiger partial charge in [0.05, 0.1) is 13.0 Å². The van der Waals surface area contributed by atoms with Gasteiger partial charge in [-0.05, 0) is 38.2 Å². The first-order chi connectivity index (χ1) is 8.54. The molecule has 0 N–H and O–H groups in total. The van der Waals surface area contributed by atoms with Crippen molar-refractivity contribution < 1.29 is 14.3 Å². The number of rotatable bonds is 2. The second-order valence-electron chi connectivity index (χ2n) is 5.35. The summed E-state index contributed by atoms with van der Waals surface area (Å²) in [6.45, 7) is 5.83. The normalized spacial score (nSPS) is 31.9. The first-order valence-electron chi connectivity index (χ1n) is 6.49. The molecule has 0 aromatic heterocycles. The number of hydrogen-bond acceptors (Lipinski definition) is 3. The highest BCUT2D eigenvalue weighted by Gasteiger charge is 2.43. The van der Waals surface area contributed by atoms with Crippen molar-refractivity contribution in [3.05, 3.63) is 23.8 Å². The molecular weight excluding hydrogens is 228 g/mol. The van der Waals surface area contributed by atoms with Crippen LogP contribution in [0.1, 0.15) is 39.0 Å². The van der Waals surface area contributed by atoms with E-state index in [1.165, 1.54) is 7.11 Å². The summed E-state index contributed by atoms with van der Waals surface area (Å²) in [6, 6.07) is 0. The highest BCUT2D eigenvalue weighted by Crippen LogP contribution is 2.51. The van der Waals surface area contributed by atoms with Crippen LogP contribution in [0.5, 0.6) is 0 Å². The molecule has 0 bridgehead atoms. The fraction of sp³-hybridized carbons (Fsp3) is 0.600. The molecule has 0 spiro atoms. The number of ketones is 1. The van der Waals surface area contributed by atoms with Crippen molar-refractivity contribution in [1.82, 2.24) is 0 Å². The fourth-order valence-electron chi connectivity index (χ4n) is 3.32. The molecule has 0 radical (unpaired) electrons. The number of allylic oxidation sites excluding steroid dienone is 3. The number of esters is 1. The molecule has 3 nitrogen and oxygen atoms in total. The van der Waals surface area contributed by atoms with Gasteiger partial charge in [0.2, 0.25) is 0 Å². The van der Waals surface area contributed by atoms with E-state index in [-0.39, 0.29) is 23.1 Å². The summed E-state index contributed by atoms with van der Waals surface area (Å²) in [4.78, 5) is 23.5. The first-order valence-corrected chi connectivity index (χ1v) is 6.49. The lowest BCUT2D eigenvalue weighted by molar-refractivity contribution is -0.146. The molecule has 0 saturated heterocycles. The van der Waals surface area contributed by atoms with Crippen LogP contribution in [0.3, 0.4) is 0 Å². The Kier molecular flexibility index (Phi) is 3.42. The number of carbonyl (C=O) groups is 2. The van der Waals surface area contributed by atoms with Crippen molar-refractivity contribution in [2.45, 2.75) is 39.0 Å². The van der Waals surface area contributed by atoms with Gasteiger partial charge in [-0.25, -0.2) is 0 Å². The van der Waals surface area contributed by atoms with Crippen molar-refractivity contribution in [2.24, 2.45) is 11.3 Å². The Bertz CT molecular complexity index is 433. The summed E-state index contributed by atoms with van der Waals surface area (Å²) in [6.07, 6.45) is 5.79. The number of methoxy groups -OCH3 is 1. The molecule has 1 saturated carbocycles. The number of hydrogen-bond donors (Lipinski definition) is 0. The molecule has 0 aromatic rings. The molecule has 18 heavy (non-hydrogen) atoms. The Balaban J connectivity index is 2.36. The van der Waals surface area contributed by atoms with E-state index in [9.17, 15) is 9.59 Å². The van der Waals surface area contributed by atoms with Crippen LogP contribution in [-0.2, 0) is 14.3 Å². The van der Waals surface area contributed by atoms with E-state index in [0.717, 1.165) is 30.4 Å². The zero-order valence-corrected chi connectivity index (χ0v) is 11.1. The van der Waals surface area contributed by atoms with Gasteiger partial charge in [0.15, 0.2) is 5.78 Å². The maximum absolute atomic E-state index is 11.8. The third-order valence-corrected chi connectivity index (χ3v) is 4.58. The molecule has 1 fully saturated rings. The van der Waals surface area contributed by atoms with Gasteiger partial charge in [-0.3, -0.25) is 9.59 Å². The molecule has 0 unspecified atom stereocenters. The van der Waals surface area contributed by atoms with E-state index < -0.39 is 0 Å². The van der Waals surface area contributed by atoms with Crippen LogP contribution < -0.4 is 0 Å². The minimum atomic E-state index is -0.161. The minimum Gasteiger partial charge on any atom is -0.469 e. The highest BCUT2D eigenvalue weighted by atomic mass is 16.5. The SMILES string of the molecule is C=C[C@@]12CCC(=O)C(C)=C1C[C@H](C(=O)OC)CC2. The third kappa shape index (κ3) is 1.92. The van der Waals surface area contributed by atoms with Crippen molar-refractivity contribution >= 4 is 11.8 Å². The average Bonchev–Trinajstić information content (AvgIpc) is 2.42. The molecule has 0 heterocycles. The largest absolute Gasteiger partial charge is 0.469 e. The van der Waals surface area contributed by atoms with Crippen LogP contribution in [0.25, 0.3) is 0 Å². The minimum absolute atomic E-state index is 0.0531. The summed E-state index contributed by atoms with van der Waals surface area (Å²) in [5.41, 5.74) is 1.91. The van der Waals surface area contributed by atoms with Gasteiger partial charge in [-0.15, -0.1) is 6.58 Å². The van der Waals surface area contributed by atoms with Gasteiger partial charge in [-0.1, -0.05) is 11.6 Å². The lowest BCUT2D eigenvalue weighted by Crippen LogP contribution is -2.36. The van der Waals surface area contributed by atoms with Crippen molar-refractivity contribution in [3.63, 3.8) is 0 Å². The molecule has 0 aliphatic heterocycles. The maximum Gasteiger partial charge on any atom is 0.308 e. The Morgan fingerprint density at radius 1 is 1.50 bits per heavy atom. The molecule has 0 amide bonds. The Morgan fingerprint density at radius 3 is 2.83 bits per heavy atom. The molecule has 2 aliphatic carbocycles. The van der Waals surface area contributed by atoms with Crippen molar-refractivity contribution in [3.8, 4) is 0 Å². The van der Waals surface area contributed by atoms with E-state index in [1.54, 1.807) is 0 Å². The average molecular weight is 248 g/mol. The number of Topliss-reactive ketones (excluding diaryl/α,β-unsaturated/α-hetero) is 1. The number of carbonyl (C=O) groups excluding carboxylic acids is 2. The maximum atomic E-state index is 11.8. The summed E-state index contributed by atoms with van der Waals surface area (Å²) in [5.74, 6) is -0.0436. The first kappa shape index (κ1) is 13.1. The monoisotopic (exact) mass is 248 g/mol. The third-order valence-electron chi connectivity index (χ3n) is 4.58. The molecule has 98 valence electrons. The Morgan fingerprint density at radius 2 is 2.22 bits per heavy atom. The molecule has 3 heteroatoms. The fourth-order valence-corrected chi connectivity index (χ4v) is 3.32. The van der Waals surface area contributed by atoms with Gasteiger partial charge in [0, 0.05) is 11.8 Å². The quantitative estimate of drug-likeness (QED) is 0.557. The van der Waals surface area contributed by atoms with Gasteiger partial charge in [0.1, 0.15) is 0 Å². The second-order valence-corrected chi connectivity index (χ2v) is 5.35. The Labute approximate surface area is 108 Å². The zero-order valence-electron chi connectivity index (χ0n) is 11.1. The predicted octanol–water partition coefficient (Wildman–Crippen LogP) is 2.81. The van der Waals surface area contributed by atoms with Gasteiger partial charge in [-0.2, -0.15) is 0 Å². The summed E-state index contributed by atoms with van der Waals surface area (Å²) in [7, 11) is 1.42. The molecule has 2 rings (SSSR count). The lowest BCUT2D eigenvalue weighted by atomic mass is 9.60. The standard InChI is InChI=1S/C15H20O3/c1-4-15-7-5-11(14(17)18-3)9-12(15)10(2)13(16)6-8-15/h4,11H,1,5-9H2,2-3H3/t11-,15-/m1/s1. The summed E-state index contributed by atoms with van der Waals surface area (Å²) < 4.78 is 4.83. The molecule has 2 atom stereocenters. The van der Waals surface area contributed by atoms with Crippen LogP contribution in [0.2, 0.25) is 0 Å². The van der Waals surface area contributed by atoms with Crippen LogP contribution in [0.4, 0.5) is 0 Å². The van der Waals surface area contributed by atoms with Gasteiger partial charge >= 0.3 is 5.97 Å². The van der Waals surface area contributed by atoms with Crippen LogP contribution in [0.15, 0.2) is 23.8 Å². The topological polar surface area (TPSA) is 43.4 Å². The van der Waals surface area contributed by atoms with Gasteiger partial charge in [0.25, 0.3) is 0 Å². The van der Waals surface area contributed by atoms with Crippen LogP contribution in [0, 0.1) is 11.3 Å². The molecule has 0 aromatic carbocycles. The highest BCUT2D eigenvalue weighted by molar-refractivity contribution is 5.97. The van der Waals surface area contributed by atoms with E-state index in [0.29, 0.717) is 12.8 Å². The van der Waals surface area contributed by atoms with E-state index >= 15 is 0 Å². The van der Waals surface area contributed by atoms with Gasteiger partial charge < -0.3 is 4.74 Å². The van der Waals surface area contributed by atoms with Crippen molar-refractivity contribution in [2.75, 3.05) is 7.11 Å². The smallest absolute Gasteiger partial charge is 0.308 e. The van der Waals surface area contributed by atoms with Crippen LogP contribution >= 0.6 is 0 Å². The summed E-state index contributed by atoms with van der Waals surface area (Å²) >= 11 is 0. The van der Waals surface area contributed by atoms with E-state index in [4.69, 9.17) is 4.74 Å². The predicted molar refractivity (Wildman–Crippen MR) is 68.9 cm³/mol. The zero-order chi connectivity index (χ0) is 13.3. The molecular formula is C15H20O3. The molecule has 2 aliphatic rings. The Hall–Kier alpha value is -1.38. The summed E-state index contributed by atoms with van der Waals surface area (Å²) in [5, 5.41) is 0. The number of ether oxygens (including phenoxy) is 1. The van der Waals surface area contributed by atoms with Crippen molar-refractivity contribution in [1.29, 1.82) is 0 Å².